The van der Waals surface area contributed by atoms with Gasteiger partial charge in [0.05, 0.1) is 34.1 Å². The lowest BCUT2D eigenvalue weighted by molar-refractivity contribution is 0.0955. The van der Waals surface area contributed by atoms with Gasteiger partial charge in [-0.05, 0) is 92.6 Å². The quantitative estimate of drug-likeness (QED) is 0.125. The number of carbonyl (C=O) groups excluding carboxylic acids is 1. The number of hydrazone groups is 1. The second-order valence-electron chi connectivity index (χ2n) is 10.4. The van der Waals surface area contributed by atoms with E-state index in [4.69, 9.17) is 34.8 Å². The lowest BCUT2D eigenvalue weighted by Crippen LogP contribution is -2.31. The van der Waals surface area contributed by atoms with Crippen LogP contribution >= 0.6 is 34.8 Å². The number of aryl methyl sites for hydroxylation is 2. The van der Waals surface area contributed by atoms with Crippen molar-refractivity contribution in [3.8, 4) is 5.69 Å². The Balaban J connectivity index is 1.33. The van der Waals surface area contributed by atoms with E-state index in [-0.39, 0.29) is 11.4 Å². The number of nitrogens with zero attached hydrogens (tertiary/aromatic N) is 3. The Morgan fingerprint density at radius 3 is 2.24 bits per heavy atom. The maximum atomic E-state index is 13.8. The van der Waals surface area contributed by atoms with Crippen LogP contribution in [0.5, 0.6) is 0 Å². The molecule has 45 heavy (non-hydrogen) atoms. The molecular weight excluding hydrogens is 651 g/mol. The van der Waals surface area contributed by atoms with Crippen molar-refractivity contribution in [3.05, 3.63) is 146 Å². The van der Waals surface area contributed by atoms with E-state index < -0.39 is 15.9 Å². The van der Waals surface area contributed by atoms with Crippen LogP contribution in [0.4, 0.5) is 5.69 Å². The molecule has 1 aromatic heterocycles. The van der Waals surface area contributed by atoms with Gasteiger partial charge in [0, 0.05) is 32.6 Å². The monoisotopic (exact) mass is 678 g/mol. The fourth-order valence-electron chi connectivity index (χ4n) is 4.97. The number of aromatic nitrogens is 1. The van der Waals surface area contributed by atoms with Crippen molar-refractivity contribution in [3.63, 3.8) is 0 Å². The standard InChI is InChI=1S/C34H29Cl3N4O3S/c1-22-9-14-28(35)18-32(22)40(45(43,44)30-7-5-4-6-8-30)21-25-10-12-26(13-11-25)34(42)39-38-20-27-17-23(2)41(24(27)3)33-19-29(36)15-16-31(33)37/h4-20H,21H2,1-3H3,(H,39,42)/b38-20-. The largest absolute Gasteiger partial charge is 0.316 e. The molecule has 0 spiro atoms. The highest BCUT2D eigenvalue weighted by molar-refractivity contribution is 7.92. The molecule has 0 atom stereocenters. The third-order valence-corrected chi connectivity index (χ3v) is 9.87. The molecule has 1 N–H and O–H groups in total. The van der Waals surface area contributed by atoms with Crippen molar-refractivity contribution in [2.75, 3.05) is 4.31 Å². The van der Waals surface area contributed by atoms with Gasteiger partial charge in [0.1, 0.15) is 0 Å². The number of anilines is 1. The predicted molar refractivity (Wildman–Crippen MR) is 183 cm³/mol. The maximum Gasteiger partial charge on any atom is 0.271 e. The number of amides is 1. The smallest absolute Gasteiger partial charge is 0.271 e. The Kier molecular flexibility index (Phi) is 9.70. The number of halogens is 3. The molecule has 0 aliphatic heterocycles. The topological polar surface area (TPSA) is 83.8 Å². The lowest BCUT2D eigenvalue weighted by Gasteiger charge is -2.26. The molecule has 0 saturated carbocycles. The normalized spacial score (nSPS) is 11.6. The summed E-state index contributed by atoms with van der Waals surface area (Å²) < 4.78 is 30.8. The minimum absolute atomic E-state index is 0.0325. The summed E-state index contributed by atoms with van der Waals surface area (Å²) in [5.41, 5.74) is 8.19. The highest BCUT2D eigenvalue weighted by atomic mass is 35.5. The zero-order valence-electron chi connectivity index (χ0n) is 24.6. The predicted octanol–water partition coefficient (Wildman–Crippen LogP) is 8.52. The summed E-state index contributed by atoms with van der Waals surface area (Å²) in [6, 6.07) is 27.3. The molecule has 0 saturated heterocycles. The number of hydrogen-bond acceptors (Lipinski definition) is 4. The van der Waals surface area contributed by atoms with Gasteiger partial charge >= 0.3 is 0 Å². The first-order valence-electron chi connectivity index (χ1n) is 13.9. The van der Waals surface area contributed by atoms with Gasteiger partial charge < -0.3 is 4.57 Å². The molecule has 1 heterocycles. The van der Waals surface area contributed by atoms with Crippen molar-refractivity contribution < 1.29 is 13.2 Å². The van der Waals surface area contributed by atoms with E-state index in [2.05, 4.69) is 10.5 Å². The maximum absolute atomic E-state index is 13.8. The Bertz CT molecular complexity index is 2010. The number of benzene rings is 4. The van der Waals surface area contributed by atoms with Crippen LogP contribution in [0.15, 0.2) is 107 Å². The van der Waals surface area contributed by atoms with Crippen LogP contribution < -0.4 is 9.73 Å². The fourth-order valence-corrected chi connectivity index (χ4v) is 7.03. The summed E-state index contributed by atoms with van der Waals surface area (Å²) in [6.45, 7) is 5.74. The molecule has 0 unspecified atom stereocenters. The van der Waals surface area contributed by atoms with E-state index in [0.717, 1.165) is 28.2 Å². The third kappa shape index (κ3) is 7.10. The number of hydrogen-bond donors (Lipinski definition) is 1. The van der Waals surface area contributed by atoms with Gasteiger partial charge in [0.2, 0.25) is 0 Å². The summed E-state index contributed by atoms with van der Waals surface area (Å²) in [5.74, 6) is -0.413. The van der Waals surface area contributed by atoms with Gasteiger partial charge in [-0.15, -0.1) is 0 Å². The molecule has 4 aromatic carbocycles. The van der Waals surface area contributed by atoms with Gasteiger partial charge in [0.25, 0.3) is 15.9 Å². The zero-order valence-corrected chi connectivity index (χ0v) is 27.7. The Labute approximate surface area is 277 Å². The first kappa shape index (κ1) is 32.3. The molecular formula is C34H29Cl3N4O3S. The minimum Gasteiger partial charge on any atom is -0.316 e. The van der Waals surface area contributed by atoms with E-state index in [1.165, 1.54) is 4.31 Å². The summed E-state index contributed by atoms with van der Waals surface area (Å²) >= 11 is 18.9. The molecule has 5 rings (SSSR count). The molecule has 11 heteroatoms. The number of nitrogens with one attached hydrogen (secondary N) is 1. The number of rotatable bonds is 9. The summed E-state index contributed by atoms with van der Waals surface area (Å²) in [4.78, 5) is 13.1. The van der Waals surface area contributed by atoms with Crippen LogP contribution in [0.2, 0.25) is 15.1 Å². The number of sulfonamides is 1. The van der Waals surface area contributed by atoms with Crippen LogP contribution in [0.1, 0.15) is 38.4 Å². The lowest BCUT2D eigenvalue weighted by atomic mass is 10.1. The fraction of sp³-hybridized carbons (Fsp3) is 0.118. The average molecular weight is 680 g/mol. The van der Waals surface area contributed by atoms with Gasteiger partial charge in [-0.1, -0.05) is 71.2 Å². The van der Waals surface area contributed by atoms with Crippen LogP contribution in [0.25, 0.3) is 5.69 Å². The zero-order chi connectivity index (χ0) is 32.3. The molecule has 7 nitrogen and oxygen atoms in total. The van der Waals surface area contributed by atoms with Crippen molar-refractivity contribution in [1.82, 2.24) is 9.99 Å². The number of carbonyl (C=O) groups is 1. The van der Waals surface area contributed by atoms with Crippen molar-refractivity contribution in [2.45, 2.75) is 32.2 Å². The van der Waals surface area contributed by atoms with Crippen molar-refractivity contribution in [1.29, 1.82) is 0 Å². The SMILES string of the molecule is Cc1ccc(Cl)cc1N(Cc1ccc(C(=O)N/N=C\c2cc(C)n(-c3cc(Cl)ccc3Cl)c2C)cc1)S(=O)(=O)c1ccccc1. The summed E-state index contributed by atoms with van der Waals surface area (Å²) in [5, 5.41) is 5.72. The molecule has 0 aliphatic rings. The van der Waals surface area contributed by atoms with Gasteiger partial charge in [-0.3, -0.25) is 9.10 Å². The molecule has 0 fully saturated rings. The van der Waals surface area contributed by atoms with Crippen LogP contribution in [-0.2, 0) is 16.6 Å². The molecule has 230 valence electrons. The summed E-state index contributed by atoms with van der Waals surface area (Å²) in [6.07, 6.45) is 1.57. The van der Waals surface area contributed by atoms with Crippen LogP contribution in [-0.4, -0.2) is 25.1 Å². The van der Waals surface area contributed by atoms with Crippen molar-refractivity contribution in [2.24, 2.45) is 5.10 Å². The Hall–Kier alpha value is -4.08. The highest BCUT2D eigenvalue weighted by Crippen LogP contribution is 2.32. The van der Waals surface area contributed by atoms with E-state index in [1.807, 2.05) is 31.4 Å². The van der Waals surface area contributed by atoms with Gasteiger partial charge in [-0.2, -0.15) is 5.10 Å². The molecule has 1 amide bonds. The van der Waals surface area contributed by atoms with Crippen LogP contribution in [0, 0.1) is 20.8 Å². The molecule has 0 bridgehead atoms. The van der Waals surface area contributed by atoms with Gasteiger partial charge in [0.15, 0.2) is 0 Å². The van der Waals surface area contributed by atoms with Crippen LogP contribution in [0.3, 0.4) is 0 Å². The Morgan fingerprint density at radius 2 is 1.53 bits per heavy atom. The average Bonchev–Trinajstić information content (AvgIpc) is 3.31. The first-order chi connectivity index (χ1) is 21.5. The second kappa shape index (κ2) is 13.5. The van der Waals surface area contributed by atoms with E-state index in [1.54, 1.807) is 97.2 Å². The van der Waals surface area contributed by atoms with Crippen molar-refractivity contribution >= 4 is 62.6 Å². The summed E-state index contributed by atoms with van der Waals surface area (Å²) in [7, 11) is -3.92. The minimum atomic E-state index is -3.92. The van der Waals surface area contributed by atoms with E-state index >= 15 is 0 Å². The molecule has 0 radical (unpaired) electrons. The molecule has 0 aliphatic carbocycles. The highest BCUT2D eigenvalue weighted by Gasteiger charge is 2.26. The van der Waals surface area contributed by atoms with E-state index in [9.17, 15) is 13.2 Å². The van der Waals surface area contributed by atoms with Gasteiger partial charge in [-0.25, -0.2) is 13.8 Å². The molecule has 5 aromatic rings. The first-order valence-corrected chi connectivity index (χ1v) is 16.4. The third-order valence-electron chi connectivity index (χ3n) is 7.30. The second-order valence-corrected chi connectivity index (χ2v) is 13.6. The van der Waals surface area contributed by atoms with E-state index in [0.29, 0.717) is 31.9 Å². The Morgan fingerprint density at radius 1 is 0.867 bits per heavy atom.